The summed E-state index contributed by atoms with van der Waals surface area (Å²) in [6.45, 7) is 10.6. The lowest BCUT2D eigenvalue weighted by atomic mass is 9.93. The fraction of sp³-hybridized carbons (Fsp3) is 1.00. The Labute approximate surface area is 102 Å². The van der Waals surface area contributed by atoms with Crippen molar-refractivity contribution in [2.24, 2.45) is 17.6 Å². The molecule has 1 aliphatic heterocycles. The molecule has 0 spiro atoms. The molecule has 1 heterocycles. The quantitative estimate of drug-likeness (QED) is 0.754. The second kappa shape index (κ2) is 7.29. The Morgan fingerprint density at radius 3 is 2.69 bits per heavy atom. The van der Waals surface area contributed by atoms with Crippen molar-refractivity contribution in [3.8, 4) is 0 Å². The molecule has 0 radical (unpaired) electrons. The van der Waals surface area contributed by atoms with Crippen molar-refractivity contribution in [2.45, 2.75) is 58.9 Å². The zero-order valence-corrected chi connectivity index (χ0v) is 11.4. The minimum atomic E-state index is 0.800. The number of likely N-dealkylation sites (tertiary alicyclic amines) is 1. The number of nitrogens with zero attached hydrogens (tertiary/aromatic N) is 1. The van der Waals surface area contributed by atoms with Crippen LogP contribution >= 0.6 is 0 Å². The van der Waals surface area contributed by atoms with Crippen molar-refractivity contribution < 1.29 is 0 Å². The minimum absolute atomic E-state index is 0.800. The average Bonchev–Trinajstić information content (AvgIpc) is 2.22. The van der Waals surface area contributed by atoms with Gasteiger partial charge in [-0.1, -0.05) is 13.8 Å². The van der Waals surface area contributed by atoms with E-state index in [1.165, 1.54) is 45.2 Å². The van der Waals surface area contributed by atoms with E-state index < -0.39 is 0 Å². The van der Waals surface area contributed by atoms with E-state index in [1.54, 1.807) is 0 Å². The van der Waals surface area contributed by atoms with Gasteiger partial charge in [-0.05, 0) is 70.5 Å². The van der Waals surface area contributed by atoms with Crippen LogP contribution in [0.25, 0.3) is 0 Å². The molecule has 2 heteroatoms. The average molecular weight is 226 g/mol. The number of rotatable bonds is 6. The first kappa shape index (κ1) is 14.0. The molecule has 2 N–H and O–H groups in total. The Morgan fingerprint density at radius 1 is 1.31 bits per heavy atom. The maximum absolute atomic E-state index is 5.57. The predicted molar refractivity (Wildman–Crippen MR) is 71.5 cm³/mol. The van der Waals surface area contributed by atoms with Gasteiger partial charge in [-0.15, -0.1) is 0 Å². The molecule has 0 aromatic carbocycles. The lowest BCUT2D eigenvalue weighted by Gasteiger charge is -2.36. The predicted octanol–water partition coefficient (Wildman–Crippen LogP) is 2.87. The Bertz CT molecular complexity index is 182. The van der Waals surface area contributed by atoms with E-state index in [0.717, 1.165) is 24.4 Å². The van der Waals surface area contributed by atoms with Crippen LogP contribution in [0.4, 0.5) is 0 Å². The summed E-state index contributed by atoms with van der Waals surface area (Å²) in [5.41, 5.74) is 5.57. The van der Waals surface area contributed by atoms with Crippen LogP contribution in [0.1, 0.15) is 52.9 Å². The third kappa shape index (κ3) is 4.84. The topological polar surface area (TPSA) is 29.3 Å². The molecule has 0 aliphatic carbocycles. The molecule has 3 atom stereocenters. The standard InChI is InChI=1S/C14H30N2/c1-12(6-8-15)5-4-9-16-10-7-13(2)11-14(16)3/h12-14H,4-11,15H2,1-3H3. The van der Waals surface area contributed by atoms with Gasteiger partial charge in [-0.3, -0.25) is 0 Å². The van der Waals surface area contributed by atoms with Crippen molar-refractivity contribution in [1.29, 1.82) is 0 Å². The summed E-state index contributed by atoms with van der Waals surface area (Å²) in [6, 6.07) is 0.800. The summed E-state index contributed by atoms with van der Waals surface area (Å²) in [5.74, 6) is 1.74. The maximum Gasteiger partial charge on any atom is 0.00694 e. The van der Waals surface area contributed by atoms with Crippen molar-refractivity contribution in [2.75, 3.05) is 19.6 Å². The normalized spacial score (nSPS) is 29.2. The minimum Gasteiger partial charge on any atom is -0.330 e. The van der Waals surface area contributed by atoms with E-state index in [2.05, 4.69) is 25.7 Å². The van der Waals surface area contributed by atoms with Gasteiger partial charge < -0.3 is 10.6 Å². The van der Waals surface area contributed by atoms with Gasteiger partial charge >= 0.3 is 0 Å². The van der Waals surface area contributed by atoms with Crippen molar-refractivity contribution in [1.82, 2.24) is 4.90 Å². The van der Waals surface area contributed by atoms with Gasteiger partial charge in [0.25, 0.3) is 0 Å². The Hall–Kier alpha value is -0.0800. The monoisotopic (exact) mass is 226 g/mol. The first-order valence-electron chi connectivity index (χ1n) is 7.07. The van der Waals surface area contributed by atoms with E-state index in [4.69, 9.17) is 5.73 Å². The van der Waals surface area contributed by atoms with Crippen molar-refractivity contribution in [3.05, 3.63) is 0 Å². The molecule has 0 bridgehead atoms. The van der Waals surface area contributed by atoms with E-state index in [-0.39, 0.29) is 0 Å². The SMILES string of the molecule is CC(CCN)CCCN1CCC(C)CC1C. The highest BCUT2D eigenvalue weighted by atomic mass is 15.2. The van der Waals surface area contributed by atoms with Crippen LogP contribution < -0.4 is 5.73 Å². The molecule has 1 fully saturated rings. The van der Waals surface area contributed by atoms with Crippen LogP contribution in [0.3, 0.4) is 0 Å². The summed E-state index contributed by atoms with van der Waals surface area (Å²) in [7, 11) is 0. The van der Waals surface area contributed by atoms with Crippen LogP contribution in [0.15, 0.2) is 0 Å². The highest BCUT2D eigenvalue weighted by Crippen LogP contribution is 2.22. The molecule has 0 amide bonds. The Kier molecular flexibility index (Phi) is 6.37. The van der Waals surface area contributed by atoms with Gasteiger partial charge in [0.2, 0.25) is 0 Å². The van der Waals surface area contributed by atoms with Gasteiger partial charge in [0, 0.05) is 6.04 Å². The molecule has 16 heavy (non-hydrogen) atoms. The second-order valence-corrected chi connectivity index (χ2v) is 5.84. The molecule has 1 aliphatic rings. The first-order chi connectivity index (χ1) is 7.63. The Morgan fingerprint density at radius 2 is 2.06 bits per heavy atom. The lowest BCUT2D eigenvalue weighted by Crippen LogP contribution is -2.40. The molecule has 96 valence electrons. The smallest absolute Gasteiger partial charge is 0.00694 e. The maximum atomic E-state index is 5.57. The second-order valence-electron chi connectivity index (χ2n) is 5.84. The van der Waals surface area contributed by atoms with Gasteiger partial charge in [0.15, 0.2) is 0 Å². The van der Waals surface area contributed by atoms with Crippen LogP contribution in [0, 0.1) is 11.8 Å². The first-order valence-corrected chi connectivity index (χ1v) is 7.07. The zero-order valence-electron chi connectivity index (χ0n) is 11.4. The van der Waals surface area contributed by atoms with Crippen LogP contribution in [-0.4, -0.2) is 30.6 Å². The largest absolute Gasteiger partial charge is 0.330 e. The summed E-state index contributed by atoms with van der Waals surface area (Å²) in [5, 5.41) is 0. The molecule has 1 saturated heterocycles. The molecule has 0 aromatic rings. The molecule has 3 unspecified atom stereocenters. The molecular formula is C14H30N2. The molecular weight excluding hydrogens is 196 g/mol. The van der Waals surface area contributed by atoms with Crippen LogP contribution in [0.5, 0.6) is 0 Å². The van der Waals surface area contributed by atoms with Crippen molar-refractivity contribution in [3.63, 3.8) is 0 Å². The van der Waals surface area contributed by atoms with Gasteiger partial charge in [-0.2, -0.15) is 0 Å². The third-order valence-corrected chi connectivity index (χ3v) is 4.08. The zero-order chi connectivity index (χ0) is 12.0. The summed E-state index contributed by atoms with van der Waals surface area (Å²) >= 11 is 0. The highest BCUT2D eigenvalue weighted by Gasteiger charge is 2.22. The van der Waals surface area contributed by atoms with Crippen LogP contribution in [-0.2, 0) is 0 Å². The van der Waals surface area contributed by atoms with E-state index in [0.29, 0.717) is 0 Å². The van der Waals surface area contributed by atoms with Gasteiger partial charge in [0.05, 0.1) is 0 Å². The summed E-state index contributed by atoms with van der Waals surface area (Å²) in [6.07, 6.45) is 6.66. The highest BCUT2D eigenvalue weighted by molar-refractivity contribution is 4.76. The molecule has 0 aromatic heterocycles. The Balaban J connectivity index is 2.12. The summed E-state index contributed by atoms with van der Waals surface area (Å²) in [4.78, 5) is 2.68. The fourth-order valence-corrected chi connectivity index (χ4v) is 2.86. The molecule has 1 rings (SSSR count). The van der Waals surface area contributed by atoms with E-state index >= 15 is 0 Å². The van der Waals surface area contributed by atoms with Gasteiger partial charge in [-0.25, -0.2) is 0 Å². The number of hydrogen-bond acceptors (Lipinski definition) is 2. The summed E-state index contributed by atoms with van der Waals surface area (Å²) < 4.78 is 0. The number of hydrogen-bond donors (Lipinski definition) is 1. The van der Waals surface area contributed by atoms with Crippen molar-refractivity contribution >= 4 is 0 Å². The number of nitrogens with two attached hydrogens (primary N) is 1. The molecule has 0 saturated carbocycles. The van der Waals surface area contributed by atoms with Crippen LogP contribution in [0.2, 0.25) is 0 Å². The van der Waals surface area contributed by atoms with E-state index in [9.17, 15) is 0 Å². The third-order valence-electron chi connectivity index (χ3n) is 4.08. The van der Waals surface area contributed by atoms with E-state index in [1.807, 2.05) is 0 Å². The lowest BCUT2D eigenvalue weighted by molar-refractivity contribution is 0.125. The molecule has 2 nitrogen and oxygen atoms in total. The number of piperidine rings is 1. The van der Waals surface area contributed by atoms with Gasteiger partial charge in [0.1, 0.15) is 0 Å². The fourth-order valence-electron chi connectivity index (χ4n) is 2.86.